The molecule has 1 heterocycles. The lowest BCUT2D eigenvalue weighted by molar-refractivity contribution is 0.104. The highest BCUT2D eigenvalue weighted by Crippen LogP contribution is 2.17. The van der Waals surface area contributed by atoms with Gasteiger partial charge < -0.3 is 14.7 Å². The third-order valence-electron chi connectivity index (χ3n) is 17.4. The van der Waals surface area contributed by atoms with E-state index in [-0.39, 0.29) is 0 Å². The zero-order valence-electron chi connectivity index (χ0n) is 52.9. The minimum atomic E-state index is 1.25. The summed E-state index contributed by atoms with van der Waals surface area (Å²) in [7, 11) is 0. The van der Waals surface area contributed by atoms with E-state index in [1.807, 2.05) is 0 Å². The molecule has 1 aliphatic rings. The number of hydrogen-bond acceptors (Lipinski definition) is 5. The molecule has 5 nitrogen and oxygen atoms in total. The quantitative estimate of drug-likeness (QED) is 0.0444. The second-order valence-electron chi connectivity index (χ2n) is 24.8. The summed E-state index contributed by atoms with van der Waals surface area (Å²) in [4.78, 5) is 14.4. The van der Waals surface area contributed by atoms with Gasteiger partial charge in [0.2, 0.25) is 0 Å². The Bertz CT molecular complexity index is 1050. The summed E-state index contributed by atoms with van der Waals surface area (Å²) in [5.74, 6) is 0. The summed E-state index contributed by atoms with van der Waals surface area (Å²) in [6.45, 7) is 30.9. The smallest absolute Gasteiger partial charge is 0.0110 e. The molecule has 0 spiro atoms. The predicted octanol–water partition coefficient (Wildman–Crippen LogP) is 20.9. The van der Waals surface area contributed by atoms with Crippen molar-refractivity contribution in [2.75, 3.05) is 98.2 Å². The highest BCUT2D eigenvalue weighted by Gasteiger charge is 2.19. The van der Waals surface area contributed by atoms with E-state index in [4.69, 9.17) is 0 Å². The SMILES string of the molecule is CCC/C=C/CCCCCCCN(CCCCCCCCCCCC)CCN(CCCCCCCCCCCC)CCN1CCN(CCN(CCCCCCCCCCCC)CCCCCCCCCCCC)CC1. The van der Waals surface area contributed by atoms with Gasteiger partial charge in [0.05, 0.1) is 0 Å². The Morgan fingerprint density at radius 1 is 0.213 bits per heavy atom. The molecule has 0 aliphatic carbocycles. The van der Waals surface area contributed by atoms with E-state index in [0.29, 0.717) is 0 Å². The van der Waals surface area contributed by atoms with Crippen LogP contribution >= 0.6 is 0 Å². The monoisotopic (exact) mass is 1050 g/mol. The van der Waals surface area contributed by atoms with Crippen LogP contribution in [0.4, 0.5) is 0 Å². The van der Waals surface area contributed by atoms with Crippen LogP contribution in [-0.4, -0.2) is 123 Å². The first-order chi connectivity index (χ1) is 37.2. The van der Waals surface area contributed by atoms with E-state index in [1.54, 1.807) is 0 Å². The van der Waals surface area contributed by atoms with Crippen molar-refractivity contribution in [2.45, 2.75) is 343 Å². The average molecular weight is 1050 g/mol. The van der Waals surface area contributed by atoms with Crippen LogP contribution in [0.5, 0.6) is 0 Å². The van der Waals surface area contributed by atoms with Gasteiger partial charge in [0.15, 0.2) is 0 Å². The largest absolute Gasteiger partial charge is 0.302 e. The summed E-state index contributed by atoms with van der Waals surface area (Å²) in [5.41, 5.74) is 0. The van der Waals surface area contributed by atoms with Gasteiger partial charge >= 0.3 is 0 Å². The fraction of sp³-hybridized carbons (Fsp3) is 0.971. The number of nitrogens with zero attached hydrogens (tertiary/aromatic N) is 5. The number of rotatable bonds is 63. The van der Waals surface area contributed by atoms with Crippen LogP contribution in [0, 0.1) is 0 Å². The molecule has 0 unspecified atom stereocenters. The van der Waals surface area contributed by atoms with E-state index in [0.717, 1.165) is 0 Å². The number of hydrogen-bond donors (Lipinski definition) is 0. The average Bonchev–Trinajstić information content (AvgIpc) is 3.42. The standard InChI is InChI=1S/C70H143N5/c1-6-11-16-21-26-31-36-41-46-51-56-71(57-52-47-42-37-32-27-22-17-12-7-2)61-63-73(60-55-50-45-40-35-30-25-20-15-10-5)64-66-75-69-67-74(68-70-75)65-62-72(58-53-48-43-38-33-28-23-18-13-8-3)59-54-49-44-39-34-29-24-19-14-9-4/h16,21H,6-15,17-20,22-70H2,1-5H3/b21-16+. The highest BCUT2D eigenvalue weighted by atomic mass is 15.3. The number of allylic oxidation sites excluding steroid dienone is 2. The second kappa shape index (κ2) is 61.2. The predicted molar refractivity (Wildman–Crippen MR) is 341 cm³/mol. The van der Waals surface area contributed by atoms with Crippen LogP contribution in [0.3, 0.4) is 0 Å². The summed E-state index contributed by atoms with van der Waals surface area (Å²) in [6, 6.07) is 0. The van der Waals surface area contributed by atoms with Crippen molar-refractivity contribution in [1.82, 2.24) is 24.5 Å². The first-order valence-corrected chi connectivity index (χ1v) is 35.4. The molecular formula is C70H143N5. The Kier molecular flexibility index (Phi) is 59.2. The van der Waals surface area contributed by atoms with Crippen molar-refractivity contribution < 1.29 is 0 Å². The first-order valence-electron chi connectivity index (χ1n) is 35.4. The number of unbranched alkanes of at least 4 members (excludes halogenated alkanes) is 42. The third kappa shape index (κ3) is 52.7. The fourth-order valence-corrected chi connectivity index (χ4v) is 11.9. The fourth-order valence-electron chi connectivity index (χ4n) is 11.9. The van der Waals surface area contributed by atoms with Crippen molar-refractivity contribution in [3.63, 3.8) is 0 Å². The van der Waals surface area contributed by atoms with E-state index >= 15 is 0 Å². The minimum Gasteiger partial charge on any atom is -0.302 e. The molecule has 0 bridgehead atoms. The van der Waals surface area contributed by atoms with Gasteiger partial charge in [0.1, 0.15) is 0 Å². The van der Waals surface area contributed by atoms with Gasteiger partial charge in [-0.25, -0.2) is 0 Å². The van der Waals surface area contributed by atoms with Gasteiger partial charge in [-0.05, 0) is 84.1 Å². The molecule has 0 atom stereocenters. The van der Waals surface area contributed by atoms with Gasteiger partial charge in [-0.2, -0.15) is 0 Å². The second-order valence-corrected chi connectivity index (χ2v) is 24.8. The molecule has 0 aromatic rings. The van der Waals surface area contributed by atoms with Crippen LogP contribution in [0.15, 0.2) is 12.2 Å². The van der Waals surface area contributed by atoms with E-state index in [1.165, 1.54) is 406 Å². The minimum absolute atomic E-state index is 1.25. The Morgan fingerprint density at radius 2 is 0.427 bits per heavy atom. The first kappa shape index (κ1) is 72.6. The molecule has 1 fully saturated rings. The molecule has 1 rings (SSSR count). The Hall–Kier alpha value is -0.460. The van der Waals surface area contributed by atoms with Crippen LogP contribution < -0.4 is 0 Å². The third-order valence-corrected chi connectivity index (χ3v) is 17.4. The van der Waals surface area contributed by atoms with Crippen molar-refractivity contribution in [3.8, 4) is 0 Å². The molecule has 0 radical (unpaired) electrons. The zero-order valence-corrected chi connectivity index (χ0v) is 52.9. The lowest BCUT2D eigenvalue weighted by atomic mass is 10.1. The van der Waals surface area contributed by atoms with Crippen molar-refractivity contribution >= 4 is 0 Å². The molecule has 0 aromatic heterocycles. The van der Waals surface area contributed by atoms with Crippen LogP contribution in [0.2, 0.25) is 0 Å². The van der Waals surface area contributed by atoms with E-state index in [2.05, 4.69) is 71.3 Å². The molecule has 5 heteroatoms. The molecule has 75 heavy (non-hydrogen) atoms. The Morgan fingerprint density at radius 3 is 0.693 bits per heavy atom. The maximum atomic E-state index is 2.92. The summed E-state index contributed by atoms with van der Waals surface area (Å²) in [5, 5.41) is 0. The molecule has 0 amide bonds. The van der Waals surface area contributed by atoms with Crippen molar-refractivity contribution in [2.24, 2.45) is 0 Å². The molecular weight excluding hydrogens is 911 g/mol. The molecule has 448 valence electrons. The van der Waals surface area contributed by atoms with Gasteiger partial charge in [0, 0.05) is 65.4 Å². The van der Waals surface area contributed by atoms with Gasteiger partial charge in [-0.3, -0.25) is 9.80 Å². The van der Waals surface area contributed by atoms with Crippen LogP contribution in [0.25, 0.3) is 0 Å². The molecule has 0 N–H and O–H groups in total. The summed E-state index contributed by atoms with van der Waals surface area (Å²) >= 11 is 0. The van der Waals surface area contributed by atoms with Gasteiger partial charge in [-0.1, -0.05) is 304 Å². The lowest BCUT2D eigenvalue weighted by Crippen LogP contribution is -2.50. The van der Waals surface area contributed by atoms with Crippen molar-refractivity contribution in [3.05, 3.63) is 12.2 Å². The normalized spacial score (nSPS) is 13.9. The summed E-state index contributed by atoms with van der Waals surface area (Å²) < 4.78 is 0. The molecule has 0 aromatic carbocycles. The van der Waals surface area contributed by atoms with Crippen LogP contribution in [-0.2, 0) is 0 Å². The number of piperazine rings is 1. The lowest BCUT2D eigenvalue weighted by Gasteiger charge is -2.37. The van der Waals surface area contributed by atoms with Crippen molar-refractivity contribution in [1.29, 1.82) is 0 Å². The van der Waals surface area contributed by atoms with E-state index < -0.39 is 0 Å². The molecule has 1 saturated heterocycles. The van der Waals surface area contributed by atoms with Gasteiger partial charge in [-0.15, -0.1) is 0 Å². The maximum Gasteiger partial charge on any atom is 0.0110 e. The van der Waals surface area contributed by atoms with E-state index in [9.17, 15) is 0 Å². The highest BCUT2D eigenvalue weighted by molar-refractivity contribution is 4.81. The summed E-state index contributed by atoms with van der Waals surface area (Å²) in [6.07, 6.45) is 73.1. The maximum absolute atomic E-state index is 2.92. The topological polar surface area (TPSA) is 16.2 Å². The van der Waals surface area contributed by atoms with Gasteiger partial charge in [0.25, 0.3) is 0 Å². The molecule has 1 aliphatic heterocycles. The Balaban J connectivity index is 2.73. The van der Waals surface area contributed by atoms with Crippen LogP contribution in [0.1, 0.15) is 343 Å². The molecule has 0 saturated carbocycles. The Labute approximate surface area is 475 Å². The zero-order chi connectivity index (χ0) is 53.8.